The van der Waals surface area contributed by atoms with E-state index in [1.54, 1.807) is 6.08 Å². The smallest absolute Gasteiger partial charge is 0.306 e. The highest BCUT2D eigenvalue weighted by Gasteiger charge is 2.47. The molecular formula is C52H89NO10. The largest absolute Gasteiger partial charge is 0.454 e. The maximum absolute atomic E-state index is 13.3. The van der Waals surface area contributed by atoms with Crippen molar-refractivity contribution in [1.29, 1.82) is 0 Å². The number of ether oxygens (including phenoxy) is 3. The van der Waals surface area contributed by atoms with Crippen LogP contribution in [0.15, 0.2) is 72.9 Å². The number of unbranched alkanes of at least 4 members (excludes halogenated alkanes) is 18. The number of nitrogens with one attached hydrogen (secondary N) is 1. The third kappa shape index (κ3) is 30.0. The Labute approximate surface area is 381 Å². The molecule has 1 heterocycles. The molecule has 0 aliphatic carbocycles. The van der Waals surface area contributed by atoms with E-state index in [-0.39, 0.29) is 19.4 Å². The quantitative estimate of drug-likeness (QED) is 0.0151. The lowest BCUT2D eigenvalue weighted by molar-refractivity contribution is -0.305. The van der Waals surface area contributed by atoms with Crippen molar-refractivity contribution in [2.45, 2.75) is 230 Å². The molecule has 362 valence electrons. The molecule has 0 spiro atoms. The van der Waals surface area contributed by atoms with Crippen LogP contribution in [0.2, 0.25) is 0 Å². The van der Waals surface area contributed by atoms with Crippen LogP contribution < -0.4 is 5.32 Å². The fourth-order valence-electron chi connectivity index (χ4n) is 7.17. The van der Waals surface area contributed by atoms with E-state index < -0.39 is 67.4 Å². The van der Waals surface area contributed by atoms with E-state index in [1.807, 2.05) is 42.5 Å². The molecular weight excluding hydrogens is 799 g/mol. The lowest BCUT2D eigenvalue weighted by Gasteiger charge is -2.41. The highest BCUT2D eigenvalue weighted by atomic mass is 16.7. The van der Waals surface area contributed by atoms with Crippen LogP contribution in [0.1, 0.15) is 181 Å². The van der Waals surface area contributed by atoms with Gasteiger partial charge in [-0.3, -0.25) is 9.59 Å². The summed E-state index contributed by atoms with van der Waals surface area (Å²) >= 11 is 0. The molecule has 11 heteroatoms. The summed E-state index contributed by atoms with van der Waals surface area (Å²) in [6.45, 7) is 5.51. The van der Waals surface area contributed by atoms with Gasteiger partial charge in [-0.1, -0.05) is 184 Å². The molecule has 1 amide bonds. The lowest BCUT2D eigenvalue weighted by atomic mass is 9.99. The normalized spacial score (nSPS) is 21.2. The highest BCUT2D eigenvalue weighted by molar-refractivity contribution is 5.80. The standard InChI is InChI=1S/C52H89NO10/c1-4-7-10-13-16-19-22-23-25-28-31-34-37-40-47(57)63-50-49(59)48(58)46(41-54)62-52(50)61-42-43(44(55)38-35-32-29-27-24-20-17-14-11-8-5-2)53-51(60)45(56)39-36-33-30-26-21-18-15-12-9-6-3/h7,10,13,15-16,18-19,22-23,25,35,38,43-46,48-50,52,54-56,58-59H,4-6,8-9,11-12,14,17,20-21,24,26-34,36-37,39-42H2,1-3H3,(H,53,60)/b10-7+,16-13+,18-15-,22-19-,25-23-,38-35+. The fraction of sp³-hybridized carbons (Fsp3) is 0.731. The van der Waals surface area contributed by atoms with Crippen LogP contribution >= 0.6 is 0 Å². The number of aliphatic hydroxyl groups excluding tert-OH is 5. The average Bonchev–Trinajstić information content (AvgIpc) is 3.28. The van der Waals surface area contributed by atoms with Crippen LogP contribution in [0.5, 0.6) is 0 Å². The van der Waals surface area contributed by atoms with Crippen molar-refractivity contribution >= 4 is 11.9 Å². The van der Waals surface area contributed by atoms with Gasteiger partial charge < -0.3 is 45.1 Å². The van der Waals surface area contributed by atoms with Gasteiger partial charge in [0.15, 0.2) is 12.4 Å². The summed E-state index contributed by atoms with van der Waals surface area (Å²) < 4.78 is 17.4. The van der Waals surface area contributed by atoms with Crippen LogP contribution in [0.25, 0.3) is 0 Å². The average molecular weight is 888 g/mol. The van der Waals surface area contributed by atoms with Crippen molar-refractivity contribution in [2.75, 3.05) is 13.2 Å². The van der Waals surface area contributed by atoms with E-state index in [1.165, 1.54) is 51.4 Å². The molecule has 8 unspecified atom stereocenters. The number of rotatable bonds is 39. The van der Waals surface area contributed by atoms with E-state index in [4.69, 9.17) is 14.2 Å². The number of carbonyl (C=O) groups excluding carboxylic acids is 2. The number of carbonyl (C=O) groups is 2. The van der Waals surface area contributed by atoms with Gasteiger partial charge in [0, 0.05) is 6.42 Å². The number of esters is 1. The minimum Gasteiger partial charge on any atom is -0.454 e. The third-order valence-electron chi connectivity index (χ3n) is 11.2. The first-order chi connectivity index (χ1) is 30.7. The SMILES string of the molecule is CC/C=C/C=C/C=C\C=C/CCCCCC(=O)OC1C(OCC(NC(=O)C(O)CCCCCC/C=C\CCCC)C(O)/C=C/CCCCCCCCCCC)OC(CO)C(O)C1O. The number of hydrogen-bond donors (Lipinski definition) is 6. The Bertz CT molecular complexity index is 1300. The fourth-order valence-corrected chi connectivity index (χ4v) is 7.17. The van der Waals surface area contributed by atoms with Crippen molar-refractivity contribution in [3.8, 4) is 0 Å². The van der Waals surface area contributed by atoms with Crippen LogP contribution in [0, 0.1) is 0 Å². The van der Waals surface area contributed by atoms with E-state index in [0.29, 0.717) is 12.8 Å². The molecule has 1 aliphatic heterocycles. The first-order valence-electron chi connectivity index (χ1n) is 24.8. The van der Waals surface area contributed by atoms with Gasteiger partial charge in [-0.2, -0.15) is 0 Å². The Morgan fingerprint density at radius 1 is 0.635 bits per heavy atom. The van der Waals surface area contributed by atoms with Crippen molar-refractivity contribution < 1.29 is 49.3 Å². The molecule has 6 N–H and O–H groups in total. The van der Waals surface area contributed by atoms with E-state index in [9.17, 15) is 35.1 Å². The molecule has 1 aliphatic rings. The van der Waals surface area contributed by atoms with Crippen LogP contribution in [0.4, 0.5) is 0 Å². The van der Waals surface area contributed by atoms with Crippen molar-refractivity contribution in [1.82, 2.24) is 5.32 Å². The summed E-state index contributed by atoms with van der Waals surface area (Å²) in [4.78, 5) is 26.2. The summed E-state index contributed by atoms with van der Waals surface area (Å²) in [6, 6.07) is -1.04. The van der Waals surface area contributed by atoms with Gasteiger partial charge >= 0.3 is 5.97 Å². The molecule has 1 saturated heterocycles. The van der Waals surface area contributed by atoms with Gasteiger partial charge in [-0.25, -0.2) is 0 Å². The Morgan fingerprint density at radius 2 is 1.17 bits per heavy atom. The summed E-state index contributed by atoms with van der Waals surface area (Å²) in [7, 11) is 0. The monoisotopic (exact) mass is 888 g/mol. The molecule has 0 aromatic rings. The summed E-state index contributed by atoms with van der Waals surface area (Å²) in [6.07, 6.45) is 38.3. The molecule has 1 rings (SSSR count). The number of allylic oxidation sites excluding steroid dienone is 11. The number of hydrogen-bond acceptors (Lipinski definition) is 10. The topological polar surface area (TPSA) is 175 Å². The maximum Gasteiger partial charge on any atom is 0.306 e. The van der Waals surface area contributed by atoms with Crippen LogP contribution in [-0.2, 0) is 23.8 Å². The zero-order valence-corrected chi connectivity index (χ0v) is 39.4. The minimum atomic E-state index is -1.63. The van der Waals surface area contributed by atoms with Crippen LogP contribution in [0.3, 0.4) is 0 Å². The van der Waals surface area contributed by atoms with Crippen LogP contribution in [-0.4, -0.2) is 99.6 Å². The second-order valence-corrected chi connectivity index (χ2v) is 16.9. The van der Waals surface area contributed by atoms with Crippen molar-refractivity contribution in [3.63, 3.8) is 0 Å². The first-order valence-corrected chi connectivity index (χ1v) is 24.8. The Balaban J connectivity index is 2.84. The predicted octanol–water partition coefficient (Wildman–Crippen LogP) is 9.71. The Morgan fingerprint density at radius 3 is 1.81 bits per heavy atom. The van der Waals surface area contributed by atoms with Crippen molar-refractivity contribution in [2.24, 2.45) is 0 Å². The van der Waals surface area contributed by atoms with Gasteiger partial charge in [0.05, 0.1) is 25.4 Å². The molecule has 0 bridgehead atoms. The minimum absolute atomic E-state index is 0.0737. The van der Waals surface area contributed by atoms with Crippen molar-refractivity contribution in [3.05, 3.63) is 72.9 Å². The molecule has 0 saturated carbocycles. The molecule has 8 atom stereocenters. The summed E-state index contributed by atoms with van der Waals surface area (Å²) in [5.74, 6) is -1.26. The van der Waals surface area contributed by atoms with Gasteiger partial charge in [0.25, 0.3) is 0 Å². The molecule has 0 aromatic heterocycles. The van der Waals surface area contributed by atoms with Gasteiger partial charge in [-0.05, 0) is 64.2 Å². The highest BCUT2D eigenvalue weighted by Crippen LogP contribution is 2.26. The van der Waals surface area contributed by atoms with E-state index in [2.05, 4.69) is 50.4 Å². The predicted molar refractivity (Wildman–Crippen MR) is 255 cm³/mol. The van der Waals surface area contributed by atoms with E-state index >= 15 is 0 Å². The zero-order chi connectivity index (χ0) is 46.2. The second-order valence-electron chi connectivity index (χ2n) is 16.9. The molecule has 11 nitrogen and oxygen atoms in total. The zero-order valence-electron chi connectivity index (χ0n) is 39.4. The summed E-state index contributed by atoms with van der Waals surface area (Å²) in [5.41, 5.74) is 0. The molecule has 0 aromatic carbocycles. The number of aliphatic hydroxyl groups is 5. The van der Waals surface area contributed by atoms with Gasteiger partial charge in [-0.15, -0.1) is 0 Å². The first kappa shape index (κ1) is 58.1. The van der Waals surface area contributed by atoms with Gasteiger partial charge in [0.2, 0.25) is 5.91 Å². The summed E-state index contributed by atoms with van der Waals surface area (Å²) in [5, 5.41) is 56.4. The number of amides is 1. The molecule has 63 heavy (non-hydrogen) atoms. The Kier molecular flexibility index (Phi) is 37.5. The maximum atomic E-state index is 13.3. The van der Waals surface area contributed by atoms with Gasteiger partial charge in [0.1, 0.15) is 24.4 Å². The third-order valence-corrected chi connectivity index (χ3v) is 11.2. The lowest BCUT2D eigenvalue weighted by Crippen LogP contribution is -2.61. The van der Waals surface area contributed by atoms with E-state index in [0.717, 1.165) is 83.5 Å². The molecule has 0 radical (unpaired) electrons. The second kappa shape index (κ2) is 40.6. The Hall–Kier alpha value is -2.90. The molecule has 1 fully saturated rings.